The number of carboxylic acid groups (broad SMARTS) is 1. The molecule has 11 heteroatoms. The average Bonchev–Trinajstić information content (AvgIpc) is 2.74. The molecule has 3 amide bonds. The van der Waals surface area contributed by atoms with Gasteiger partial charge in [0.25, 0.3) is 0 Å². The summed E-state index contributed by atoms with van der Waals surface area (Å²) < 4.78 is 4.73. The van der Waals surface area contributed by atoms with Crippen molar-refractivity contribution in [2.45, 2.75) is 24.9 Å². The minimum absolute atomic E-state index is 0.127. The molecule has 0 radical (unpaired) electrons. The Bertz CT molecular complexity index is 923. The zero-order chi connectivity index (χ0) is 22.8. The van der Waals surface area contributed by atoms with Crippen LogP contribution in [0.5, 0.6) is 0 Å². The molecule has 10 nitrogen and oxygen atoms in total. The molecule has 1 aromatic heterocycles. The van der Waals surface area contributed by atoms with E-state index in [1.807, 2.05) is 0 Å². The number of pyridine rings is 1. The predicted molar refractivity (Wildman–Crippen MR) is 112 cm³/mol. The van der Waals surface area contributed by atoms with E-state index in [-0.39, 0.29) is 17.3 Å². The van der Waals surface area contributed by atoms with Crippen LogP contribution in [-0.4, -0.2) is 53.2 Å². The number of rotatable bonds is 9. The maximum atomic E-state index is 12.7. The highest BCUT2D eigenvalue weighted by molar-refractivity contribution is 6.29. The third-order valence-electron chi connectivity index (χ3n) is 4.07. The molecule has 164 valence electrons. The molecular weight excluding hydrogens is 428 g/mol. The van der Waals surface area contributed by atoms with Crippen LogP contribution in [0, 0.1) is 0 Å². The van der Waals surface area contributed by atoms with E-state index in [1.165, 1.54) is 25.4 Å². The molecule has 0 saturated heterocycles. The van der Waals surface area contributed by atoms with Gasteiger partial charge in [-0.15, -0.1) is 0 Å². The van der Waals surface area contributed by atoms with E-state index in [4.69, 9.17) is 21.4 Å². The number of carboxylic acids is 1. The van der Waals surface area contributed by atoms with E-state index in [2.05, 4.69) is 20.9 Å². The monoisotopic (exact) mass is 448 g/mol. The fourth-order valence-electron chi connectivity index (χ4n) is 2.62. The van der Waals surface area contributed by atoms with Crippen LogP contribution in [0.15, 0.2) is 48.7 Å². The van der Waals surface area contributed by atoms with Gasteiger partial charge in [-0.3, -0.25) is 9.59 Å². The lowest BCUT2D eigenvalue weighted by atomic mass is 10.1. The summed E-state index contributed by atoms with van der Waals surface area (Å²) in [5.41, 5.74) is 1.04. The van der Waals surface area contributed by atoms with Gasteiger partial charge < -0.3 is 25.8 Å². The summed E-state index contributed by atoms with van der Waals surface area (Å²) in [6.07, 6.45) is 0.723. The van der Waals surface area contributed by atoms with Crippen LogP contribution in [0.4, 0.5) is 10.5 Å². The Morgan fingerprint density at radius 1 is 1.06 bits per heavy atom. The summed E-state index contributed by atoms with van der Waals surface area (Å²) in [5.74, 6) is -2.87. The lowest BCUT2D eigenvalue weighted by Gasteiger charge is -2.21. The SMILES string of the molecule is COC(=O)[C@H](Cc1ccccc1)NC(=O)[C@H](CC(=O)O)NC(=O)Nc1ccc(Cl)nc1. The minimum Gasteiger partial charge on any atom is -0.481 e. The van der Waals surface area contributed by atoms with E-state index < -0.39 is 42.4 Å². The van der Waals surface area contributed by atoms with Crippen molar-refractivity contribution in [1.29, 1.82) is 0 Å². The summed E-state index contributed by atoms with van der Waals surface area (Å²) in [7, 11) is 1.17. The van der Waals surface area contributed by atoms with Gasteiger partial charge in [-0.1, -0.05) is 41.9 Å². The molecular formula is C20H21ClN4O6. The number of halogens is 1. The smallest absolute Gasteiger partial charge is 0.328 e. The molecule has 2 rings (SSSR count). The van der Waals surface area contributed by atoms with Crippen LogP contribution < -0.4 is 16.0 Å². The van der Waals surface area contributed by atoms with Gasteiger partial charge in [0.1, 0.15) is 17.2 Å². The van der Waals surface area contributed by atoms with Crippen molar-refractivity contribution < 1.29 is 29.0 Å². The van der Waals surface area contributed by atoms with E-state index in [0.717, 1.165) is 5.56 Å². The van der Waals surface area contributed by atoms with Crippen LogP contribution in [0.2, 0.25) is 5.15 Å². The number of benzene rings is 1. The first-order valence-electron chi connectivity index (χ1n) is 9.11. The number of amides is 3. The van der Waals surface area contributed by atoms with Crippen molar-refractivity contribution in [2.24, 2.45) is 0 Å². The first-order valence-corrected chi connectivity index (χ1v) is 9.49. The van der Waals surface area contributed by atoms with Crippen molar-refractivity contribution in [3.05, 3.63) is 59.4 Å². The Kier molecular flexibility index (Phi) is 8.77. The molecule has 4 N–H and O–H groups in total. The van der Waals surface area contributed by atoms with Crippen molar-refractivity contribution >= 4 is 41.2 Å². The zero-order valence-electron chi connectivity index (χ0n) is 16.5. The number of nitrogens with zero attached hydrogens (tertiary/aromatic N) is 1. The van der Waals surface area contributed by atoms with E-state index >= 15 is 0 Å². The van der Waals surface area contributed by atoms with Crippen molar-refractivity contribution in [2.75, 3.05) is 12.4 Å². The van der Waals surface area contributed by atoms with Crippen LogP contribution in [-0.2, 0) is 25.5 Å². The van der Waals surface area contributed by atoms with Crippen molar-refractivity contribution in [1.82, 2.24) is 15.6 Å². The largest absolute Gasteiger partial charge is 0.481 e. The highest BCUT2D eigenvalue weighted by atomic mass is 35.5. The molecule has 0 spiro atoms. The normalized spacial score (nSPS) is 12.2. The fourth-order valence-corrected chi connectivity index (χ4v) is 2.73. The summed E-state index contributed by atoms with van der Waals surface area (Å²) in [5, 5.41) is 16.5. The average molecular weight is 449 g/mol. The summed E-state index contributed by atoms with van der Waals surface area (Å²) in [6, 6.07) is 8.47. The molecule has 1 aromatic carbocycles. The number of methoxy groups -OCH3 is 1. The van der Waals surface area contributed by atoms with Crippen LogP contribution in [0.1, 0.15) is 12.0 Å². The van der Waals surface area contributed by atoms with Gasteiger partial charge in [-0.2, -0.15) is 0 Å². The highest BCUT2D eigenvalue weighted by Gasteiger charge is 2.29. The first kappa shape index (κ1) is 23.6. The number of anilines is 1. The standard InChI is InChI=1S/C20H21ClN4O6/c1-31-19(29)15(9-12-5-3-2-4-6-12)24-18(28)14(10-17(26)27)25-20(30)23-13-7-8-16(21)22-11-13/h2-8,11,14-15H,9-10H2,1H3,(H,24,28)(H,26,27)(H2,23,25,30)/t14-,15-/m0/s1. The molecule has 2 atom stereocenters. The Balaban J connectivity index is 2.08. The van der Waals surface area contributed by atoms with E-state index in [9.17, 15) is 19.2 Å². The van der Waals surface area contributed by atoms with Crippen molar-refractivity contribution in [3.63, 3.8) is 0 Å². The van der Waals surface area contributed by atoms with Crippen LogP contribution >= 0.6 is 11.6 Å². The lowest BCUT2D eigenvalue weighted by molar-refractivity contribution is -0.145. The molecule has 2 aromatic rings. The molecule has 0 saturated carbocycles. The predicted octanol–water partition coefficient (Wildman–Crippen LogP) is 1.60. The lowest BCUT2D eigenvalue weighted by Crippen LogP contribution is -2.53. The van der Waals surface area contributed by atoms with E-state index in [1.54, 1.807) is 30.3 Å². The third kappa shape index (κ3) is 7.94. The van der Waals surface area contributed by atoms with Gasteiger partial charge in [0.15, 0.2) is 0 Å². The Hall–Kier alpha value is -3.66. The van der Waals surface area contributed by atoms with Crippen LogP contribution in [0.25, 0.3) is 0 Å². The number of aromatic nitrogens is 1. The Labute approximate surface area is 182 Å². The molecule has 31 heavy (non-hydrogen) atoms. The number of urea groups is 1. The molecule has 0 aliphatic heterocycles. The number of hydrogen-bond acceptors (Lipinski definition) is 6. The quantitative estimate of drug-likeness (QED) is 0.336. The zero-order valence-corrected chi connectivity index (χ0v) is 17.3. The first-order chi connectivity index (χ1) is 14.8. The molecule has 0 aliphatic rings. The highest BCUT2D eigenvalue weighted by Crippen LogP contribution is 2.10. The molecule has 0 bridgehead atoms. The molecule has 0 fully saturated rings. The number of nitrogens with one attached hydrogen (secondary N) is 3. The number of esters is 1. The maximum absolute atomic E-state index is 12.7. The fraction of sp³-hybridized carbons (Fsp3) is 0.250. The summed E-state index contributed by atoms with van der Waals surface area (Å²) >= 11 is 5.68. The number of aliphatic carboxylic acids is 1. The van der Waals surface area contributed by atoms with Gasteiger partial charge in [0.05, 0.1) is 25.4 Å². The van der Waals surface area contributed by atoms with Gasteiger partial charge >= 0.3 is 18.0 Å². The maximum Gasteiger partial charge on any atom is 0.328 e. The summed E-state index contributed by atoms with van der Waals surface area (Å²) in [6.45, 7) is 0. The third-order valence-corrected chi connectivity index (χ3v) is 4.29. The van der Waals surface area contributed by atoms with Gasteiger partial charge in [0.2, 0.25) is 5.91 Å². The number of hydrogen-bond donors (Lipinski definition) is 4. The second-order valence-corrected chi connectivity index (χ2v) is 6.78. The van der Waals surface area contributed by atoms with Crippen molar-refractivity contribution in [3.8, 4) is 0 Å². The number of ether oxygens (including phenoxy) is 1. The van der Waals surface area contributed by atoms with Gasteiger partial charge in [0, 0.05) is 6.42 Å². The summed E-state index contributed by atoms with van der Waals surface area (Å²) in [4.78, 5) is 52.0. The number of carbonyl (C=O) groups is 4. The molecule has 0 aliphatic carbocycles. The Morgan fingerprint density at radius 3 is 2.35 bits per heavy atom. The Morgan fingerprint density at radius 2 is 1.77 bits per heavy atom. The van der Waals surface area contributed by atoms with E-state index in [0.29, 0.717) is 0 Å². The van der Waals surface area contributed by atoms with Crippen LogP contribution in [0.3, 0.4) is 0 Å². The molecule has 1 heterocycles. The van der Waals surface area contributed by atoms with Gasteiger partial charge in [-0.25, -0.2) is 14.6 Å². The topological polar surface area (TPSA) is 147 Å². The van der Waals surface area contributed by atoms with Gasteiger partial charge in [-0.05, 0) is 17.7 Å². The molecule has 0 unspecified atom stereocenters. The second kappa shape index (κ2) is 11.5. The second-order valence-electron chi connectivity index (χ2n) is 6.39. The minimum atomic E-state index is -1.44. The number of carbonyl (C=O) groups excluding carboxylic acids is 3.